The molecule has 3 aromatic rings. The van der Waals surface area contributed by atoms with Crippen molar-refractivity contribution in [2.45, 2.75) is 23.9 Å². The molecule has 3 amide bonds. The fraction of sp³-hybridized carbons (Fsp3) is 0.200. The van der Waals surface area contributed by atoms with Gasteiger partial charge in [-0.15, -0.1) is 10.2 Å². The summed E-state index contributed by atoms with van der Waals surface area (Å²) < 4.78 is 1.92. The van der Waals surface area contributed by atoms with Gasteiger partial charge in [-0.25, -0.2) is 4.79 Å². The molecule has 0 saturated heterocycles. The number of nitrogens with zero attached hydrogens (tertiary/aromatic N) is 3. The molecule has 1 aromatic heterocycles. The summed E-state index contributed by atoms with van der Waals surface area (Å²) in [6.07, 6.45) is 0. The van der Waals surface area contributed by atoms with Gasteiger partial charge in [0, 0.05) is 12.6 Å². The zero-order valence-electron chi connectivity index (χ0n) is 15.9. The fourth-order valence-corrected chi connectivity index (χ4v) is 3.68. The standard InChI is InChI=1S/C20H20ClN5O2S/c1-13(18(27)23-19(28)22-2)29-20-25-24-17(15-10-6-7-11-16(15)21)26(20)12-14-8-4-3-5-9-14/h3-11,13H,12H2,1-2H3,(H2,22,23,27,28). The zero-order chi connectivity index (χ0) is 20.8. The molecule has 7 nitrogen and oxygen atoms in total. The van der Waals surface area contributed by atoms with Gasteiger partial charge in [-0.2, -0.15) is 0 Å². The quantitative estimate of drug-likeness (QED) is 0.584. The summed E-state index contributed by atoms with van der Waals surface area (Å²) in [6.45, 7) is 2.22. The van der Waals surface area contributed by atoms with Crippen LogP contribution in [0.5, 0.6) is 0 Å². The normalized spacial score (nSPS) is 11.7. The summed E-state index contributed by atoms with van der Waals surface area (Å²) in [6, 6.07) is 16.7. The summed E-state index contributed by atoms with van der Waals surface area (Å²) >= 11 is 7.60. The van der Waals surface area contributed by atoms with E-state index in [2.05, 4.69) is 20.8 Å². The number of amides is 3. The average molecular weight is 430 g/mol. The van der Waals surface area contributed by atoms with Gasteiger partial charge in [-0.05, 0) is 24.6 Å². The summed E-state index contributed by atoms with van der Waals surface area (Å²) in [5.41, 5.74) is 1.82. The second kappa shape index (κ2) is 9.58. The van der Waals surface area contributed by atoms with Crippen LogP contribution in [0.1, 0.15) is 12.5 Å². The Bertz CT molecular complexity index is 1010. The first-order valence-corrected chi connectivity index (χ1v) is 10.2. The number of rotatable bonds is 6. The number of nitrogens with one attached hydrogen (secondary N) is 2. The summed E-state index contributed by atoms with van der Waals surface area (Å²) in [7, 11) is 1.45. The molecule has 0 radical (unpaired) electrons. The van der Waals surface area contributed by atoms with E-state index in [0.717, 1.165) is 11.1 Å². The minimum Gasteiger partial charge on any atom is -0.341 e. The molecular formula is C20H20ClN5O2S. The molecule has 150 valence electrons. The summed E-state index contributed by atoms with van der Waals surface area (Å²) in [5.74, 6) is 0.198. The van der Waals surface area contributed by atoms with E-state index in [0.29, 0.717) is 22.5 Å². The van der Waals surface area contributed by atoms with Crippen molar-refractivity contribution in [3.8, 4) is 11.4 Å². The molecule has 0 saturated carbocycles. The predicted octanol–water partition coefficient (Wildman–Crippen LogP) is 3.58. The number of aromatic nitrogens is 3. The Balaban J connectivity index is 1.93. The van der Waals surface area contributed by atoms with Crippen molar-refractivity contribution in [1.82, 2.24) is 25.4 Å². The van der Waals surface area contributed by atoms with E-state index in [1.54, 1.807) is 13.0 Å². The smallest absolute Gasteiger partial charge is 0.321 e. The van der Waals surface area contributed by atoms with Crippen molar-refractivity contribution in [2.24, 2.45) is 0 Å². The Morgan fingerprint density at radius 1 is 1.10 bits per heavy atom. The molecule has 1 unspecified atom stereocenters. The van der Waals surface area contributed by atoms with Gasteiger partial charge in [-0.3, -0.25) is 14.7 Å². The van der Waals surface area contributed by atoms with E-state index >= 15 is 0 Å². The summed E-state index contributed by atoms with van der Waals surface area (Å²) in [4.78, 5) is 23.7. The SMILES string of the molecule is CNC(=O)NC(=O)C(C)Sc1nnc(-c2ccccc2Cl)n1Cc1ccccc1. The highest BCUT2D eigenvalue weighted by Gasteiger charge is 2.22. The van der Waals surface area contributed by atoms with Crippen molar-refractivity contribution < 1.29 is 9.59 Å². The van der Waals surface area contributed by atoms with Gasteiger partial charge in [-0.1, -0.05) is 65.8 Å². The van der Waals surface area contributed by atoms with E-state index in [1.807, 2.05) is 53.1 Å². The fourth-order valence-electron chi connectivity index (χ4n) is 2.61. The maximum atomic E-state index is 12.2. The van der Waals surface area contributed by atoms with E-state index in [1.165, 1.54) is 18.8 Å². The van der Waals surface area contributed by atoms with Crippen LogP contribution in [-0.2, 0) is 11.3 Å². The second-order valence-electron chi connectivity index (χ2n) is 6.19. The van der Waals surface area contributed by atoms with Gasteiger partial charge in [0.2, 0.25) is 5.91 Å². The number of halogens is 1. The van der Waals surface area contributed by atoms with Crippen LogP contribution in [0.3, 0.4) is 0 Å². The van der Waals surface area contributed by atoms with Crippen LogP contribution >= 0.6 is 23.4 Å². The minimum absolute atomic E-state index is 0.414. The Kier molecular flexibility index (Phi) is 6.90. The maximum Gasteiger partial charge on any atom is 0.321 e. The number of thioether (sulfide) groups is 1. The number of carbonyl (C=O) groups excluding carboxylic acids is 2. The molecule has 1 heterocycles. The number of hydrogen-bond donors (Lipinski definition) is 2. The molecule has 0 fully saturated rings. The molecule has 0 aliphatic rings. The van der Waals surface area contributed by atoms with Crippen LogP contribution in [0.2, 0.25) is 5.02 Å². The molecule has 9 heteroatoms. The number of carbonyl (C=O) groups is 2. The van der Waals surface area contributed by atoms with E-state index in [9.17, 15) is 9.59 Å². The third kappa shape index (κ3) is 5.16. The Morgan fingerprint density at radius 2 is 1.79 bits per heavy atom. The van der Waals surface area contributed by atoms with Crippen LogP contribution in [0, 0.1) is 0 Å². The lowest BCUT2D eigenvalue weighted by molar-refractivity contribution is -0.119. The summed E-state index contributed by atoms with van der Waals surface area (Å²) in [5, 5.41) is 13.8. The molecule has 29 heavy (non-hydrogen) atoms. The van der Waals surface area contributed by atoms with E-state index in [4.69, 9.17) is 11.6 Å². The van der Waals surface area contributed by atoms with Crippen molar-refractivity contribution in [1.29, 1.82) is 0 Å². The van der Waals surface area contributed by atoms with Crippen molar-refractivity contribution in [3.05, 3.63) is 65.2 Å². The zero-order valence-corrected chi connectivity index (χ0v) is 17.5. The molecule has 0 aliphatic heterocycles. The highest BCUT2D eigenvalue weighted by Crippen LogP contribution is 2.31. The first kappa shape index (κ1) is 20.9. The molecule has 0 bridgehead atoms. The lowest BCUT2D eigenvalue weighted by Crippen LogP contribution is -2.41. The van der Waals surface area contributed by atoms with Gasteiger partial charge >= 0.3 is 6.03 Å². The average Bonchev–Trinajstić information content (AvgIpc) is 3.10. The van der Waals surface area contributed by atoms with E-state index < -0.39 is 17.2 Å². The van der Waals surface area contributed by atoms with Gasteiger partial charge in [0.05, 0.1) is 16.8 Å². The van der Waals surface area contributed by atoms with Crippen LogP contribution < -0.4 is 10.6 Å². The number of benzene rings is 2. The molecule has 1 atom stereocenters. The Hall–Kier alpha value is -2.84. The maximum absolute atomic E-state index is 12.2. The van der Waals surface area contributed by atoms with Crippen molar-refractivity contribution >= 4 is 35.3 Å². The third-order valence-electron chi connectivity index (χ3n) is 4.13. The second-order valence-corrected chi connectivity index (χ2v) is 7.90. The molecule has 3 rings (SSSR count). The lowest BCUT2D eigenvalue weighted by atomic mass is 10.2. The van der Waals surface area contributed by atoms with Gasteiger partial charge < -0.3 is 5.32 Å². The van der Waals surface area contributed by atoms with E-state index in [-0.39, 0.29) is 0 Å². The first-order valence-electron chi connectivity index (χ1n) is 8.91. The van der Waals surface area contributed by atoms with Crippen LogP contribution in [-0.4, -0.2) is 39.0 Å². The lowest BCUT2D eigenvalue weighted by Gasteiger charge is -2.14. The Labute approximate surface area is 177 Å². The first-order chi connectivity index (χ1) is 14.0. The molecule has 2 N–H and O–H groups in total. The number of urea groups is 1. The van der Waals surface area contributed by atoms with Crippen molar-refractivity contribution in [3.63, 3.8) is 0 Å². The number of imide groups is 1. The van der Waals surface area contributed by atoms with Gasteiger partial charge in [0.25, 0.3) is 0 Å². The predicted molar refractivity (Wildman–Crippen MR) is 114 cm³/mol. The molecule has 0 spiro atoms. The minimum atomic E-state index is -0.551. The monoisotopic (exact) mass is 429 g/mol. The van der Waals surface area contributed by atoms with Crippen LogP contribution in [0.4, 0.5) is 4.79 Å². The molecule has 0 aliphatic carbocycles. The Morgan fingerprint density at radius 3 is 2.48 bits per heavy atom. The highest BCUT2D eigenvalue weighted by molar-refractivity contribution is 8.00. The third-order valence-corrected chi connectivity index (χ3v) is 5.54. The molecular weight excluding hydrogens is 410 g/mol. The van der Waals surface area contributed by atoms with Gasteiger partial charge in [0.1, 0.15) is 0 Å². The van der Waals surface area contributed by atoms with Crippen molar-refractivity contribution in [2.75, 3.05) is 7.05 Å². The van der Waals surface area contributed by atoms with Crippen LogP contribution in [0.25, 0.3) is 11.4 Å². The van der Waals surface area contributed by atoms with Crippen LogP contribution in [0.15, 0.2) is 59.8 Å². The number of hydrogen-bond acceptors (Lipinski definition) is 5. The van der Waals surface area contributed by atoms with Gasteiger partial charge in [0.15, 0.2) is 11.0 Å². The topological polar surface area (TPSA) is 88.9 Å². The largest absolute Gasteiger partial charge is 0.341 e. The molecule has 2 aromatic carbocycles. The highest BCUT2D eigenvalue weighted by atomic mass is 35.5.